The van der Waals surface area contributed by atoms with Crippen molar-refractivity contribution >= 4 is 29.4 Å². The number of Topliss-reactive ketones (excluding diaryl/α,β-unsaturated/α-hetero) is 2. The molecular formula is C45H68N6O10. The van der Waals surface area contributed by atoms with Crippen molar-refractivity contribution in [2.24, 2.45) is 23.7 Å². The van der Waals surface area contributed by atoms with Crippen molar-refractivity contribution in [3.05, 3.63) is 43.5 Å². The minimum absolute atomic E-state index is 0.103. The van der Waals surface area contributed by atoms with Gasteiger partial charge in [-0.2, -0.15) is 0 Å². The van der Waals surface area contributed by atoms with Gasteiger partial charge in [0, 0.05) is 69.0 Å². The highest BCUT2D eigenvalue weighted by Gasteiger charge is 2.61. The zero-order chi connectivity index (χ0) is 45.0. The Morgan fingerprint density at radius 1 is 1.05 bits per heavy atom. The molecule has 2 N–H and O–H groups in total. The predicted molar refractivity (Wildman–Crippen MR) is 228 cm³/mol. The summed E-state index contributed by atoms with van der Waals surface area (Å²) >= 11 is 0. The number of aryl methyl sites for hydroxylation is 1. The Hall–Kier alpha value is -4.22. The molecule has 2 aromatic heterocycles. The number of cyclic esters (lactones) is 1. The summed E-state index contributed by atoms with van der Waals surface area (Å²) < 4.78 is 33.3. The average Bonchev–Trinajstić information content (AvgIpc) is 3.84. The van der Waals surface area contributed by atoms with Gasteiger partial charge in [0.1, 0.15) is 29.7 Å². The van der Waals surface area contributed by atoms with Crippen LogP contribution in [0.1, 0.15) is 80.6 Å². The topological polar surface area (TPSA) is 184 Å². The van der Waals surface area contributed by atoms with Crippen LogP contribution in [0.2, 0.25) is 0 Å². The summed E-state index contributed by atoms with van der Waals surface area (Å²) in [7, 11) is 7.03. The molecule has 16 nitrogen and oxygen atoms in total. The number of fused-ring (bicyclic) bond motifs is 1. The highest BCUT2D eigenvalue weighted by molar-refractivity contribution is 6.00. The second-order valence-electron chi connectivity index (χ2n) is 17.6. The lowest BCUT2D eigenvalue weighted by Gasteiger charge is -2.47. The molecule has 1 amide bonds. The summed E-state index contributed by atoms with van der Waals surface area (Å²) in [6.45, 7) is 17.1. The number of ketones is 2. The monoisotopic (exact) mass is 852 g/mol. The minimum Gasteiger partial charge on any atom is -0.457 e. The van der Waals surface area contributed by atoms with Crippen molar-refractivity contribution in [3.8, 4) is 11.3 Å². The number of imidazole rings is 1. The van der Waals surface area contributed by atoms with Crippen molar-refractivity contribution in [2.75, 3.05) is 40.1 Å². The van der Waals surface area contributed by atoms with E-state index in [9.17, 15) is 24.3 Å². The van der Waals surface area contributed by atoms with Crippen LogP contribution in [0, 0.1) is 23.7 Å². The number of carbonyl (C=O) groups excluding carboxylic acids is 4. The first-order chi connectivity index (χ1) is 28.9. The Morgan fingerprint density at radius 3 is 2.36 bits per heavy atom. The molecule has 3 aliphatic rings. The average molecular weight is 853 g/mol. The maximum Gasteiger partial charge on any atom is 0.411 e. The maximum atomic E-state index is 14.8. The smallest absolute Gasteiger partial charge is 0.411 e. The van der Waals surface area contributed by atoms with Crippen molar-refractivity contribution in [3.63, 3.8) is 0 Å². The number of carbonyl (C=O) groups is 4. The number of aromatic nitrogens is 3. The van der Waals surface area contributed by atoms with E-state index in [1.54, 1.807) is 52.0 Å². The number of likely N-dealkylation sites (N-methyl/N-ethyl adjacent to an activating group) is 1. The summed E-state index contributed by atoms with van der Waals surface area (Å²) in [6, 6.07) is 2.65. The molecule has 61 heavy (non-hydrogen) atoms. The van der Waals surface area contributed by atoms with Crippen LogP contribution in [-0.4, -0.2) is 142 Å². The van der Waals surface area contributed by atoms with Crippen molar-refractivity contribution < 1.29 is 48.0 Å². The van der Waals surface area contributed by atoms with Crippen molar-refractivity contribution in [1.29, 1.82) is 0 Å². The van der Waals surface area contributed by atoms with E-state index in [1.165, 1.54) is 20.1 Å². The number of amides is 1. The first-order valence-electron chi connectivity index (χ1n) is 21.6. The van der Waals surface area contributed by atoms with Crippen LogP contribution in [0.4, 0.5) is 10.6 Å². The standard InChI is InChI=1S/C45H68N6O10/c1-13-34-45(14-2)39(51(43(56)61-45)20-16-15-19-50-24-32(48-25-50)31-17-18-35(46-9)47-23-31)28(5)36(52)26(3)22-44(8,57-12)40(29(6)37(53)30(7)41(55)59-34)60-42-38(54)33(49(10)11)21-27(4)58-42/h14,17-18,23-30,33-34,38-40,42,54H,2,13,15-16,19-22H2,1,3-12H3,(H,46,47)/t26-,27-,28+,29+,30-,33+,34-,38-,39+,40-,42?,44+,45-/m1/s1. The number of nitrogens with zero attached hydrogens (tertiary/aromatic N) is 5. The van der Waals surface area contributed by atoms with Gasteiger partial charge in [-0.25, -0.2) is 14.8 Å². The summed E-state index contributed by atoms with van der Waals surface area (Å²) in [5, 5.41) is 14.5. The van der Waals surface area contributed by atoms with E-state index < -0.39 is 83.4 Å². The normalized spacial score (nSPS) is 35.4. The van der Waals surface area contributed by atoms with Gasteiger partial charge < -0.3 is 43.6 Å². The van der Waals surface area contributed by atoms with Gasteiger partial charge in [0.2, 0.25) is 0 Å². The maximum absolute atomic E-state index is 14.8. The van der Waals surface area contributed by atoms with E-state index >= 15 is 0 Å². The van der Waals surface area contributed by atoms with Gasteiger partial charge in [-0.3, -0.25) is 19.3 Å². The molecule has 0 radical (unpaired) electrons. The Kier molecular flexibility index (Phi) is 15.6. The van der Waals surface area contributed by atoms with Crippen LogP contribution in [-0.2, 0) is 44.6 Å². The highest BCUT2D eigenvalue weighted by Crippen LogP contribution is 2.44. The number of rotatable bonds is 13. The number of methoxy groups -OCH3 is 1. The van der Waals surface area contributed by atoms with Gasteiger partial charge in [0.05, 0.1) is 35.9 Å². The molecule has 16 heteroatoms. The van der Waals surface area contributed by atoms with Crippen molar-refractivity contribution in [2.45, 2.75) is 141 Å². The number of nitrogens with one attached hydrogen (secondary N) is 1. The second-order valence-corrected chi connectivity index (χ2v) is 17.6. The molecule has 0 saturated carbocycles. The fraction of sp³-hybridized carbons (Fsp3) is 0.689. The fourth-order valence-electron chi connectivity index (χ4n) is 9.58. The third kappa shape index (κ3) is 9.88. The zero-order valence-corrected chi connectivity index (χ0v) is 37.8. The van der Waals surface area contributed by atoms with Gasteiger partial charge in [0.15, 0.2) is 17.7 Å². The number of unbranched alkanes of at least 4 members (excludes halogenated alkanes) is 1. The molecule has 2 aromatic rings. The third-order valence-electron chi connectivity index (χ3n) is 13.2. The lowest BCUT2D eigenvalue weighted by Crippen LogP contribution is -2.60. The Balaban J connectivity index is 1.44. The Labute approximate surface area is 360 Å². The van der Waals surface area contributed by atoms with Gasteiger partial charge in [0.25, 0.3) is 0 Å². The van der Waals surface area contributed by atoms with Crippen molar-refractivity contribution in [1.82, 2.24) is 24.3 Å². The molecule has 0 aromatic carbocycles. The van der Waals surface area contributed by atoms with Crippen LogP contribution >= 0.6 is 0 Å². The van der Waals surface area contributed by atoms with Gasteiger partial charge in [-0.1, -0.05) is 34.3 Å². The quantitative estimate of drug-likeness (QED) is 0.117. The van der Waals surface area contributed by atoms with E-state index in [-0.39, 0.29) is 37.3 Å². The highest BCUT2D eigenvalue weighted by atomic mass is 16.7. The number of hydrogen-bond acceptors (Lipinski definition) is 14. The lowest BCUT2D eigenvalue weighted by molar-refractivity contribution is -0.295. The van der Waals surface area contributed by atoms with Gasteiger partial charge >= 0.3 is 12.1 Å². The van der Waals surface area contributed by atoms with Gasteiger partial charge in [-0.15, -0.1) is 0 Å². The molecule has 0 bridgehead atoms. The molecule has 1 unspecified atom stereocenters. The summed E-state index contributed by atoms with van der Waals surface area (Å²) in [6.07, 6.45) is 3.80. The molecule has 3 saturated heterocycles. The largest absolute Gasteiger partial charge is 0.457 e. The Bertz CT molecular complexity index is 1860. The summed E-state index contributed by atoms with van der Waals surface area (Å²) in [4.78, 5) is 69.7. The fourth-order valence-corrected chi connectivity index (χ4v) is 9.58. The van der Waals surface area contributed by atoms with Crippen LogP contribution < -0.4 is 5.32 Å². The molecular weight excluding hydrogens is 785 g/mol. The molecule has 5 rings (SSSR count). The number of hydrogen-bond donors (Lipinski definition) is 2. The molecule has 5 heterocycles. The third-order valence-corrected chi connectivity index (χ3v) is 13.2. The first-order valence-corrected chi connectivity index (χ1v) is 21.6. The lowest BCUT2D eigenvalue weighted by atomic mass is 9.72. The summed E-state index contributed by atoms with van der Waals surface area (Å²) in [5.41, 5.74) is -1.22. The molecule has 3 aliphatic heterocycles. The van der Waals surface area contributed by atoms with E-state index in [4.69, 9.17) is 23.7 Å². The number of ether oxygens (including phenoxy) is 5. The zero-order valence-electron chi connectivity index (χ0n) is 37.8. The number of esters is 1. The Morgan fingerprint density at radius 2 is 1.75 bits per heavy atom. The molecule has 0 aliphatic carbocycles. The van der Waals surface area contributed by atoms with E-state index in [2.05, 4.69) is 21.9 Å². The molecule has 0 spiro atoms. The first kappa shape index (κ1) is 47.8. The molecule has 13 atom stereocenters. The van der Waals surface area contributed by atoms with E-state index in [0.717, 1.165) is 17.1 Å². The second kappa shape index (κ2) is 19.9. The van der Waals surface area contributed by atoms with E-state index in [0.29, 0.717) is 25.8 Å². The van der Waals surface area contributed by atoms with Crippen LogP contribution in [0.15, 0.2) is 43.5 Å². The molecule has 338 valence electrons. The van der Waals surface area contributed by atoms with Crippen LogP contribution in [0.3, 0.4) is 0 Å². The molecule has 3 fully saturated rings. The predicted octanol–water partition coefficient (Wildman–Crippen LogP) is 5.14. The minimum atomic E-state index is -1.60. The van der Waals surface area contributed by atoms with Gasteiger partial charge in [-0.05, 0) is 85.2 Å². The number of aliphatic hydroxyl groups excluding tert-OH is 1. The number of aliphatic hydroxyl groups is 1. The van der Waals surface area contributed by atoms with E-state index in [1.807, 2.05) is 55.9 Å². The SMILES string of the molecule is C=C[C@]12OC(=O)N(CCCCn3cnc(-c4ccc(NC)nc4)c3)[C@H]1[C@@H](C)C(=O)[C@H](C)C[C@](C)(OC)[C@H](OC1O[C@H](C)C[C@H](N(C)C)[C@H]1O)[C@@H](C)C(=O)[C@@H](C)C(=O)O[C@@H]2CC. The number of anilines is 1. The number of pyridine rings is 1. The van der Waals surface area contributed by atoms with Crippen LogP contribution in [0.25, 0.3) is 11.3 Å². The summed E-state index contributed by atoms with van der Waals surface area (Å²) in [5.74, 6) is -4.46. The van der Waals surface area contributed by atoms with Crippen LogP contribution in [0.5, 0.6) is 0 Å².